The molecule has 0 aliphatic carbocycles. The van der Waals surface area contributed by atoms with Gasteiger partial charge in [-0.3, -0.25) is 14.2 Å². The Kier molecular flexibility index (Phi) is 11.3. The predicted octanol–water partition coefficient (Wildman–Crippen LogP) is 4.18. The van der Waals surface area contributed by atoms with Crippen LogP contribution in [0.15, 0.2) is 57.6 Å². The van der Waals surface area contributed by atoms with E-state index in [0.29, 0.717) is 28.6 Å². The molecule has 0 N–H and O–H groups in total. The van der Waals surface area contributed by atoms with Gasteiger partial charge in [-0.05, 0) is 29.7 Å². The van der Waals surface area contributed by atoms with Crippen LogP contribution in [0, 0.1) is 5.82 Å². The quantitative estimate of drug-likeness (QED) is 0.173. The van der Waals surface area contributed by atoms with Gasteiger partial charge in [-0.15, -0.1) is 0 Å². The predicted molar refractivity (Wildman–Crippen MR) is 148 cm³/mol. The summed E-state index contributed by atoms with van der Waals surface area (Å²) in [5.41, 5.74) is 1.15. The summed E-state index contributed by atoms with van der Waals surface area (Å²) >= 11 is 1.39. The van der Waals surface area contributed by atoms with Crippen molar-refractivity contribution >= 4 is 17.7 Å². The number of rotatable bonds is 14. The summed E-state index contributed by atoms with van der Waals surface area (Å²) in [6.07, 6.45) is 11.8. The van der Waals surface area contributed by atoms with Crippen LogP contribution in [0.3, 0.4) is 0 Å². The molecule has 0 unspecified atom stereocenters. The summed E-state index contributed by atoms with van der Waals surface area (Å²) < 4.78 is 16.2. The number of benzene rings is 1. The lowest BCUT2D eigenvalue weighted by molar-refractivity contribution is -0.130. The number of hydrogen-bond donors (Lipinski definition) is 0. The third-order valence-electron chi connectivity index (χ3n) is 6.29. The highest BCUT2D eigenvalue weighted by Crippen LogP contribution is 2.20. The first-order valence-electron chi connectivity index (χ1n) is 13.0. The number of unbranched alkanes of at least 4 members (excludes halogenated alkanes) is 5. The van der Waals surface area contributed by atoms with E-state index in [-0.39, 0.29) is 30.2 Å². The van der Waals surface area contributed by atoms with Crippen molar-refractivity contribution < 1.29 is 9.18 Å². The first kappa shape index (κ1) is 29.3. The van der Waals surface area contributed by atoms with Crippen LogP contribution in [0.2, 0.25) is 0 Å². The molecule has 1 amide bonds. The molecule has 0 spiro atoms. The van der Waals surface area contributed by atoms with Crippen LogP contribution in [0.4, 0.5) is 4.39 Å². The molecule has 0 atom stereocenters. The molecule has 0 fully saturated rings. The molecule has 0 radical (unpaired) electrons. The van der Waals surface area contributed by atoms with Gasteiger partial charge >= 0.3 is 5.69 Å². The first-order valence-corrected chi connectivity index (χ1v) is 14.0. The molecule has 2 aromatic heterocycles. The maximum atomic E-state index is 13.1. The molecule has 0 saturated heterocycles. The molecule has 0 bridgehead atoms. The molecule has 8 nitrogen and oxygen atoms in total. The number of thioether (sulfide) groups is 1. The van der Waals surface area contributed by atoms with Crippen LogP contribution in [-0.4, -0.2) is 43.5 Å². The molecule has 0 aliphatic rings. The van der Waals surface area contributed by atoms with Crippen molar-refractivity contribution in [1.82, 2.24) is 24.0 Å². The van der Waals surface area contributed by atoms with Crippen LogP contribution in [0.25, 0.3) is 0 Å². The SMILES string of the molecule is CCCCCCCCN(C)C(=O)Cn1cc(Cc2cn(C)c(SCc3ccc(F)cc3)nc2=O)cnc1=O. The van der Waals surface area contributed by atoms with Gasteiger partial charge in [-0.1, -0.05) is 62.9 Å². The number of aryl methyl sites for hydroxylation is 1. The number of carbonyl (C=O) groups is 1. The van der Waals surface area contributed by atoms with Crippen LogP contribution in [-0.2, 0) is 30.6 Å². The Morgan fingerprint density at radius 3 is 2.47 bits per heavy atom. The number of aromatic nitrogens is 4. The number of halogens is 1. The third-order valence-corrected chi connectivity index (χ3v) is 7.40. The Bertz CT molecular complexity index is 1320. The Balaban J connectivity index is 1.60. The fourth-order valence-corrected chi connectivity index (χ4v) is 4.90. The van der Waals surface area contributed by atoms with Crippen LogP contribution < -0.4 is 11.2 Å². The van der Waals surface area contributed by atoms with Gasteiger partial charge < -0.3 is 9.47 Å². The van der Waals surface area contributed by atoms with Crippen LogP contribution in [0.5, 0.6) is 0 Å². The highest BCUT2D eigenvalue weighted by molar-refractivity contribution is 7.98. The Morgan fingerprint density at radius 2 is 1.74 bits per heavy atom. The van der Waals surface area contributed by atoms with Crippen LogP contribution in [0.1, 0.15) is 62.1 Å². The van der Waals surface area contributed by atoms with Gasteiger partial charge in [0.2, 0.25) is 5.91 Å². The second-order valence-corrected chi connectivity index (χ2v) is 10.5. The van der Waals surface area contributed by atoms with Gasteiger partial charge in [-0.25, -0.2) is 14.2 Å². The lowest BCUT2D eigenvalue weighted by atomic mass is 10.1. The fraction of sp³-hybridized carbons (Fsp3) is 0.464. The van der Waals surface area contributed by atoms with E-state index in [1.54, 1.807) is 48.1 Å². The fourth-order valence-electron chi connectivity index (χ4n) is 4.01. The zero-order chi connectivity index (χ0) is 27.5. The molecular formula is C28H36FN5O3S. The zero-order valence-corrected chi connectivity index (χ0v) is 23.2. The number of nitrogens with zero attached hydrogens (tertiary/aromatic N) is 5. The van der Waals surface area contributed by atoms with Crippen molar-refractivity contribution in [3.63, 3.8) is 0 Å². The Labute approximate surface area is 226 Å². The second kappa shape index (κ2) is 14.6. The topological polar surface area (TPSA) is 90.1 Å². The number of carbonyl (C=O) groups excluding carboxylic acids is 1. The number of amides is 1. The van der Waals surface area contributed by atoms with E-state index >= 15 is 0 Å². The van der Waals surface area contributed by atoms with Gasteiger partial charge in [0.25, 0.3) is 5.56 Å². The van der Waals surface area contributed by atoms with E-state index in [4.69, 9.17) is 0 Å². The van der Waals surface area contributed by atoms with Crippen molar-refractivity contribution in [1.29, 1.82) is 0 Å². The minimum Gasteiger partial charge on any atom is -0.344 e. The average Bonchev–Trinajstić information content (AvgIpc) is 2.90. The molecule has 3 aromatic rings. The summed E-state index contributed by atoms with van der Waals surface area (Å²) in [5.74, 6) is 0.106. The van der Waals surface area contributed by atoms with Gasteiger partial charge in [0.15, 0.2) is 5.16 Å². The van der Waals surface area contributed by atoms with Crippen LogP contribution >= 0.6 is 11.8 Å². The highest BCUT2D eigenvalue weighted by Gasteiger charge is 2.13. The summed E-state index contributed by atoms with van der Waals surface area (Å²) in [7, 11) is 3.56. The van der Waals surface area contributed by atoms with Crippen molar-refractivity contribution in [2.45, 2.75) is 69.3 Å². The standard InChI is InChI=1S/C28H36FN5O3S/c1-4-5-6-7-8-9-14-32(2)25(35)19-34-17-22(16-30-27(34)37)15-23-18-33(3)28(31-26(23)36)38-20-21-10-12-24(29)13-11-21/h10-13,16-18H,4-9,14-15,19-20H2,1-3H3. The van der Waals surface area contributed by atoms with Gasteiger partial charge in [0, 0.05) is 57.0 Å². The Morgan fingerprint density at radius 1 is 1.03 bits per heavy atom. The largest absolute Gasteiger partial charge is 0.347 e. The highest BCUT2D eigenvalue weighted by atomic mass is 32.2. The van der Waals surface area contributed by atoms with Gasteiger partial charge in [-0.2, -0.15) is 4.98 Å². The number of likely N-dealkylation sites (N-methyl/N-ethyl adjacent to an activating group) is 1. The van der Waals surface area contributed by atoms with Crippen molar-refractivity contribution in [2.75, 3.05) is 13.6 Å². The molecule has 1 aromatic carbocycles. The van der Waals surface area contributed by atoms with E-state index in [1.807, 2.05) is 0 Å². The van der Waals surface area contributed by atoms with E-state index < -0.39 is 5.69 Å². The molecule has 3 rings (SSSR count). The Hall–Kier alpha value is -3.27. The van der Waals surface area contributed by atoms with Gasteiger partial charge in [0.05, 0.1) is 0 Å². The van der Waals surface area contributed by atoms with Crippen molar-refractivity contribution in [3.8, 4) is 0 Å². The normalized spacial score (nSPS) is 11.1. The molecule has 10 heteroatoms. The summed E-state index contributed by atoms with van der Waals surface area (Å²) in [5, 5.41) is 0.546. The summed E-state index contributed by atoms with van der Waals surface area (Å²) in [6.45, 7) is 2.74. The maximum absolute atomic E-state index is 13.1. The average molecular weight is 542 g/mol. The lowest BCUT2D eigenvalue weighted by Gasteiger charge is -2.18. The van der Waals surface area contributed by atoms with Gasteiger partial charge in [0.1, 0.15) is 12.4 Å². The van der Waals surface area contributed by atoms with E-state index in [9.17, 15) is 18.8 Å². The lowest BCUT2D eigenvalue weighted by Crippen LogP contribution is -2.35. The summed E-state index contributed by atoms with van der Waals surface area (Å²) in [6, 6.07) is 6.21. The summed E-state index contributed by atoms with van der Waals surface area (Å²) in [4.78, 5) is 47.5. The molecule has 2 heterocycles. The first-order chi connectivity index (χ1) is 18.3. The van der Waals surface area contributed by atoms with E-state index in [0.717, 1.165) is 18.4 Å². The minimum absolute atomic E-state index is 0.0960. The number of hydrogen-bond acceptors (Lipinski definition) is 6. The molecule has 0 saturated carbocycles. The monoisotopic (exact) mass is 541 g/mol. The zero-order valence-electron chi connectivity index (χ0n) is 22.4. The molecular weight excluding hydrogens is 505 g/mol. The molecule has 0 aliphatic heterocycles. The minimum atomic E-state index is -0.506. The van der Waals surface area contributed by atoms with Crippen molar-refractivity contribution in [2.24, 2.45) is 7.05 Å². The second-order valence-electron chi connectivity index (χ2n) is 9.51. The van der Waals surface area contributed by atoms with Crippen molar-refractivity contribution in [3.05, 3.63) is 86.2 Å². The molecule has 38 heavy (non-hydrogen) atoms. The third kappa shape index (κ3) is 8.93. The van der Waals surface area contributed by atoms with E-state index in [2.05, 4.69) is 16.9 Å². The molecule has 204 valence electrons. The maximum Gasteiger partial charge on any atom is 0.347 e. The smallest absolute Gasteiger partial charge is 0.344 e. The van der Waals surface area contributed by atoms with E-state index in [1.165, 1.54) is 60.3 Å².